The number of carbonyl (C=O) groups is 2. The fourth-order valence-electron chi connectivity index (χ4n) is 3.19. The van der Waals surface area contributed by atoms with E-state index in [1.807, 2.05) is 24.3 Å². The summed E-state index contributed by atoms with van der Waals surface area (Å²) in [7, 11) is 0. The summed E-state index contributed by atoms with van der Waals surface area (Å²) in [6.07, 6.45) is 4.12. The Morgan fingerprint density at radius 1 is 1.15 bits per heavy atom. The van der Waals surface area contributed by atoms with Gasteiger partial charge in [0.25, 0.3) is 5.91 Å². The number of aryl methyl sites for hydroxylation is 1. The van der Waals surface area contributed by atoms with Gasteiger partial charge in [-0.1, -0.05) is 32.9 Å². The largest absolute Gasteiger partial charge is 0.503 e. The van der Waals surface area contributed by atoms with Crippen molar-refractivity contribution < 1.29 is 14.7 Å². The van der Waals surface area contributed by atoms with E-state index in [4.69, 9.17) is 0 Å². The number of pyridine rings is 1. The number of aliphatic hydroxyl groups is 1. The number of aliphatic hydroxyl groups excluding tert-OH is 1. The number of aromatic nitrogens is 1. The van der Waals surface area contributed by atoms with Crippen LogP contribution < -0.4 is 4.90 Å². The first kappa shape index (κ1) is 17.9. The summed E-state index contributed by atoms with van der Waals surface area (Å²) in [5, 5.41) is 10.5. The fraction of sp³-hybridized carbons (Fsp3) is 0.286. The molecule has 0 saturated carbocycles. The molecule has 1 N–H and O–H groups in total. The Labute approximate surface area is 153 Å². The maximum absolute atomic E-state index is 12.8. The maximum atomic E-state index is 12.8. The van der Waals surface area contributed by atoms with Gasteiger partial charge in [-0.05, 0) is 41.8 Å². The quantitative estimate of drug-likeness (QED) is 0.891. The monoisotopic (exact) mass is 350 g/mol. The number of anilines is 1. The van der Waals surface area contributed by atoms with E-state index in [2.05, 4.69) is 11.9 Å². The second kappa shape index (κ2) is 7.12. The molecule has 5 heteroatoms. The van der Waals surface area contributed by atoms with E-state index in [1.54, 1.807) is 38.4 Å². The molecule has 1 aromatic heterocycles. The number of Topliss-reactive ketones (excluding diaryl/α,β-unsaturated/α-hetero) is 1. The Kier molecular flexibility index (Phi) is 4.89. The number of hydrogen-bond acceptors (Lipinski definition) is 4. The minimum atomic E-state index is -0.659. The summed E-state index contributed by atoms with van der Waals surface area (Å²) < 4.78 is 0. The van der Waals surface area contributed by atoms with Crippen LogP contribution in [0.3, 0.4) is 0 Å². The third-order valence-electron chi connectivity index (χ3n) is 4.64. The second-order valence-corrected chi connectivity index (χ2v) is 6.66. The topological polar surface area (TPSA) is 70.5 Å². The average molecular weight is 350 g/mol. The summed E-state index contributed by atoms with van der Waals surface area (Å²) >= 11 is 0. The highest BCUT2D eigenvalue weighted by molar-refractivity contribution is 6.16. The van der Waals surface area contributed by atoms with Crippen LogP contribution in [0.15, 0.2) is 60.1 Å². The van der Waals surface area contributed by atoms with Crippen LogP contribution in [0.5, 0.6) is 0 Å². The van der Waals surface area contributed by atoms with Crippen LogP contribution >= 0.6 is 0 Å². The normalized spacial score (nSPS) is 17.3. The molecule has 0 aliphatic carbocycles. The van der Waals surface area contributed by atoms with Crippen LogP contribution in [0.4, 0.5) is 5.69 Å². The first-order valence-corrected chi connectivity index (χ1v) is 8.75. The SMILES string of the molecule is CCc1ccc(N2C(=O)C(O)=C(C(=O)C(C)C)C2c2ccncc2)cc1. The van der Waals surface area contributed by atoms with Gasteiger partial charge >= 0.3 is 0 Å². The van der Waals surface area contributed by atoms with Gasteiger partial charge in [-0.3, -0.25) is 19.5 Å². The van der Waals surface area contributed by atoms with Gasteiger partial charge in [0.2, 0.25) is 0 Å². The Morgan fingerprint density at radius 3 is 2.31 bits per heavy atom. The molecule has 2 heterocycles. The van der Waals surface area contributed by atoms with Gasteiger partial charge < -0.3 is 5.11 Å². The highest BCUT2D eigenvalue weighted by atomic mass is 16.3. The molecule has 134 valence electrons. The minimum Gasteiger partial charge on any atom is -0.503 e. The second-order valence-electron chi connectivity index (χ2n) is 6.66. The highest BCUT2D eigenvalue weighted by Crippen LogP contribution is 2.41. The number of carbonyl (C=O) groups excluding carboxylic acids is 2. The van der Waals surface area contributed by atoms with Gasteiger partial charge in [-0.2, -0.15) is 0 Å². The number of amides is 1. The van der Waals surface area contributed by atoms with Crippen molar-refractivity contribution in [1.82, 2.24) is 4.98 Å². The standard InChI is InChI=1S/C21H22N2O3/c1-4-14-5-7-16(8-6-14)23-18(15-9-11-22-12-10-15)17(19(24)13(2)3)20(25)21(23)26/h5-13,18,25H,4H2,1-3H3. The molecule has 5 nitrogen and oxygen atoms in total. The van der Waals surface area contributed by atoms with Gasteiger partial charge in [0.05, 0.1) is 11.6 Å². The van der Waals surface area contributed by atoms with E-state index >= 15 is 0 Å². The Morgan fingerprint density at radius 2 is 1.77 bits per heavy atom. The lowest BCUT2D eigenvalue weighted by Crippen LogP contribution is -2.31. The average Bonchev–Trinajstić information content (AvgIpc) is 2.93. The Bertz CT molecular complexity index is 855. The maximum Gasteiger partial charge on any atom is 0.294 e. The van der Waals surface area contributed by atoms with Gasteiger partial charge in [0, 0.05) is 24.0 Å². The van der Waals surface area contributed by atoms with Crippen LogP contribution in [-0.4, -0.2) is 21.8 Å². The van der Waals surface area contributed by atoms with Gasteiger partial charge in [-0.25, -0.2) is 0 Å². The molecule has 2 aromatic rings. The van der Waals surface area contributed by atoms with Crippen LogP contribution in [-0.2, 0) is 16.0 Å². The van der Waals surface area contributed by atoms with Crippen molar-refractivity contribution in [1.29, 1.82) is 0 Å². The van der Waals surface area contributed by atoms with E-state index < -0.39 is 17.7 Å². The molecular weight excluding hydrogens is 328 g/mol. The molecule has 0 bridgehead atoms. The molecule has 26 heavy (non-hydrogen) atoms. The molecule has 1 aliphatic heterocycles. The molecule has 1 unspecified atom stereocenters. The number of benzene rings is 1. The molecule has 1 amide bonds. The molecule has 0 saturated heterocycles. The molecule has 1 atom stereocenters. The third kappa shape index (κ3) is 3.01. The molecule has 0 spiro atoms. The van der Waals surface area contributed by atoms with Crippen LogP contribution in [0.2, 0.25) is 0 Å². The first-order chi connectivity index (χ1) is 12.5. The van der Waals surface area contributed by atoms with Crippen LogP contribution in [0.25, 0.3) is 0 Å². The lowest BCUT2D eigenvalue weighted by atomic mass is 9.91. The smallest absolute Gasteiger partial charge is 0.294 e. The number of ketones is 1. The lowest BCUT2D eigenvalue weighted by Gasteiger charge is -2.27. The van der Waals surface area contributed by atoms with E-state index in [0.717, 1.165) is 17.5 Å². The summed E-state index contributed by atoms with van der Waals surface area (Å²) in [4.78, 5) is 31.1. The predicted octanol–water partition coefficient (Wildman–Crippen LogP) is 3.77. The molecule has 0 radical (unpaired) electrons. The van der Waals surface area contributed by atoms with Gasteiger partial charge in [-0.15, -0.1) is 0 Å². The summed E-state index contributed by atoms with van der Waals surface area (Å²) in [5.74, 6) is -1.58. The highest BCUT2D eigenvalue weighted by Gasteiger charge is 2.44. The summed E-state index contributed by atoms with van der Waals surface area (Å²) in [6, 6.07) is 10.5. The van der Waals surface area contributed by atoms with E-state index in [0.29, 0.717) is 5.69 Å². The minimum absolute atomic E-state index is 0.149. The van der Waals surface area contributed by atoms with Crippen molar-refractivity contribution in [2.45, 2.75) is 33.2 Å². The summed E-state index contributed by atoms with van der Waals surface area (Å²) in [6.45, 7) is 5.58. The van der Waals surface area contributed by atoms with Gasteiger partial charge in [0.1, 0.15) is 0 Å². The van der Waals surface area contributed by atoms with Crippen molar-refractivity contribution in [3.05, 3.63) is 71.3 Å². The zero-order valence-corrected chi connectivity index (χ0v) is 15.1. The lowest BCUT2D eigenvalue weighted by molar-refractivity contribution is -0.119. The Balaban J connectivity index is 2.14. The van der Waals surface area contributed by atoms with Crippen molar-refractivity contribution in [2.24, 2.45) is 5.92 Å². The predicted molar refractivity (Wildman–Crippen MR) is 99.8 cm³/mol. The van der Waals surface area contributed by atoms with Crippen molar-refractivity contribution >= 4 is 17.4 Å². The number of hydrogen-bond donors (Lipinski definition) is 1. The molecular formula is C21H22N2O3. The van der Waals surface area contributed by atoms with Gasteiger partial charge in [0.15, 0.2) is 11.5 Å². The van der Waals surface area contributed by atoms with Crippen molar-refractivity contribution in [2.75, 3.05) is 4.90 Å². The number of rotatable bonds is 5. The molecule has 1 aliphatic rings. The third-order valence-corrected chi connectivity index (χ3v) is 4.64. The van der Waals surface area contributed by atoms with Crippen molar-refractivity contribution in [3.8, 4) is 0 Å². The van der Waals surface area contributed by atoms with E-state index in [9.17, 15) is 14.7 Å². The Hall–Kier alpha value is -2.95. The fourth-order valence-corrected chi connectivity index (χ4v) is 3.19. The van der Waals surface area contributed by atoms with E-state index in [-0.39, 0.29) is 17.3 Å². The zero-order chi connectivity index (χ0) is 18.8. The van der Waals surface area contributed by atoms with Crippen LogP contribution in [0, 0.1) is 5.92 Å². The number of nitrogens with zero attached hydrogens (tertiary/aromatic N) is 2. The molecule has 0 fully saturated rings. The summed E-state index contributed by atoms with van der Waals surface area (Å²) in [5.41, 5.74) is 2.68. The van der Waals surface area contributed by atoms with Crippen LogP contribution in [0.1, 0.15) is 37.9 Å². The molecule has 3 rings (SSSR count). The van der Waals surface area contributed by atoms with E-state index in [1.165, 1.54) is 4.90 Å². The molecule has 1 aromatic carbocycles. The first-order valence-electron chi connectivity index (χ1n) is 8.75. The zero-order valence-electron chi connectivity index (χ0n) is 15.1. The van der Waals surface area contributed by atoms with Crippen molar-refractivity contribution in [3.63, 3.8) is 0 Å².